The van der Waals surface area contributed by atoms with Gasteiger partial charge in [0.1, 0.15) is 9.81 Å². The molecule has 180 valence electrons. The summed E-state index contributed by atoms with van der Waals surface area (Å²) in [6.07, 6.45) is 0.869. The lowest BCUT2D eigenvalue weighted by Gasteiger charge is -2.34. The van der Waals surface area contributed by atoms with Crippen LogP contribution in [-0.2, 0) is 21.3 Å². The number of thiophene rings is 1. The Labute approximate surface area is 203 Å². The summed E-state index contributed by atoms with van der Waals surface area (Å²) in [5.74, 6) is -0.271. The van der Waals surface area contributed by atoms with E-state index in [0.717, 1.165) is 11.3 Å². The minimum atomic E-state index is -3.76. The van der Waals surface area contributed by atoms with E-state index in [0.29, 0.717) is 34.8 Å². The molecule has 1 aliphatic rings. The van der Waals surface area contributed by atoms with Gasteiger partial charge in [0.25, 0.3) is 5.91 Å². The van der Waals surface area contributed by atoms with Crippen molar-refractivity contribution in [3.63, 3.8) is 0 Å². The zero-order valence-corrected chi connectivity index (χ0v) is 21.1. The third-order valence-corrected chi connectivity index (χ3v) is 8.18. The van der Waals surface area contributed by atoms with Crippen LogP contribution >= 0.6 is 22.9 Å². The van der Waals surface area contributed by atoms with Crippen molar-refractivity contribution >= 4 is 45.0 Å². The van der Waals surface area contributed by atoms with Crippen LogP contribution in [0.15, 0.2) is 40.6 Å². The van der Waals surface area contributed by atoms with Crippen molar-refractivity contribution < 1.29 is 22.7 Å². The smallest absolute Gasteiger partial charge is 0.410 e. The van der Waals surface area contributed by atoms with Crippen LogP contribution in [0.2, 0.25) is 5.02 Å². The van der Waals surface area contributed by atoms with Gasteiger partial charge in [-0.2, -0.15) is 0 Å². The van der Waals surface area contributed by atoms with Crippen LogP contribution < -0.4 is 10.0 Å². The van der Waals surface area contributed by atoms with Gasteiger partial charge in [0.15, 0.2) is 0 Å². The predicted molar refractivity (Wildman–Crippen MR) is 128 cm³/mol. The van der Waals surface area contributed by atoms with Gasteiger partial charge in [-0.15, -0.1) is 11.3 Å². The quantitative estimate of drug-likeness (QED) is 0.607. The number of ether oxygens (including phenoxy) is 1. The van der Waals surface area contributed by atoms with E-state index in [4.69, 9.17) is 16.3 Å². The van der Waals surface area contributed by atoms with E-state index in [-0.39, 0.29) is 23.2 Å². The number of benzene rings is 1. The van der Waals surface area contributed by atoms with Gasteiger partial charge in [-0.3, -0.25) is 4.79 Å². The lowest BCUT2D eigenvalue weighted by molar-refractivity contribution is 0.0195. The normalized spacial score (nSPS) is 17.0. The van der Waals surface area contributed by atoms with E-state index in [1.165, 1.54) is 11.0 Å². The van der Waals surface area contributed by atoms with Gasteiger partial charge >= 0.3 is 6.09 Å². The molecule has 0 bridgehead atoms. The number of carbonyl (C=O) groups excluding carboxylic acids is 2. The summed E-state index contributed by atoms with van der Waals surface area (Å²) in [6, 6.07) is 9.31. The van der Waals surface area contributed by atoms with Gasteiger partial charge in [0.05, 0.1) is 6.54 Å². The van der Waals surface area contributed by atoms with Crippen LogP contribution in [0.3, 0.4) is 0 Å². The third-order valence-electron chi connectivity index (χ3n) is 4.83. The van der Waals surface area contributed by atoms with Gasteiger partial charge < -0.3 is 15.0 Å². The van der Waals surface area contributed by atoms with Crippen molar-refractivity contribution in [3.05, 3.63) is 51.9 Å². The number of nitrogens with one attached hydrogen (secondary N) is 2. The third kappa shape index (κ3) is 7.43. The summed E-state index contributed by atoms with van der Waals surface area (Å²) in [5, 5.41) is 3.31. The highest BCUT2D eigenvalue weighted by atomic mass is 35.5. The van der Waals surface area contributed by atoms with Crippen molar-refractivity contribution in [2.24, 2.45) is 0 Å². The maximum Gasteiger partial charge on any atom is 0.410 e. The minimum absolute atomic E-state index is 0.160. The van der Waals surface area contributed by atoms with Crippen LogP contribution in [0.25, 0.3) is 0 Å². The SMILES string of the molecule is CC(C)(C)OC(=O)N1CCCC(NS(=O)(=O)c2ccc(CNC(=O)c3ccc(Cl)cc3)s2)C1. The van der Waals surface area contributed by atoms with Crippen LogP contribution in [-0.4, -0.2) is 50.1 Å². The van der Waals surface area contributed by atoms with E-state index >= 15 is 0 Å². The molecule has 0 spiro atoms. The molecule has 1 saturated heterocycles. The lowest BCUT2D eigenvalue weighted by atomic mass is 10.1. The van der Waals surface area contributed by atoms with Crippen molar-refractivity contribution in [2.75, 3.05) is 13.1 Å². The highest BCUT2D eigenvalue weighted by molar-refractivity contribution is 7.91. The number of likely N-dealkylation sites (tertiary alicyclic amines) is 1. The summed E-state index contributed by atoms with van der Waals surface area (Å²) in [7, 11) is -3.76. The molecule has 2 heterocycles. The number of amides is 2. The standard InChI is InChI=1S/C22H28ClN3O5S2/c1-22(2,3)31-21(28)26-12-4-5-17(14-26)25-33(29,30)19-11-10-18(32-19)13-24-20(27)15-6-8-16(23)9-7-15/h6-11,17,25H,4-5,12-14H2,1-3H3,(H,24,27). The first-order valence-corrected chi connectivity index (χ1v) is 13.2. The molecule has 2 N–H and O–H groups in total. The van der Waals surface area contributed by atoms with Gasteiger partial charge in [-0.05, 0) is 70.0 Å². The van der Waals surface area contributed by atoms with Crippen molar-refractivity contribution in [1.29, 1.82) is 0 Å². The number of carbonyl (C=O) groups is 2. The van der Waals surface area contributed by atoms with Crippen LogP contribution in [0.4, 0.5) is 4.79 Å². The molecule has 33 heavy (non-hydrogen) atoms. The molecule has 8 nitrogen and oxygen atoms in total. The first kappa shape index (κ1) is 25.5. The van der Waals surface area contributed by atoms with Gasteiger partial charge in [0, 0.05) is 34.6 Å². The summed E-state index contributed by atoms with van der Waals surface area (Å²) in [6.45, 7) is 6.37. The van der Waals surface area contributed by atoms with Crippen LogP contribution in [0, 0.1) is 0 Å². The molecule has 0 aliphatic carbocycles. The number of sulfonamides is 1. The second kappa shape index (κ2) is 10.4. The molecular weight excluding hydrogens is 486 g/mol. The maximum atomic E-state index is 12.9. The number of nitrogens with zero attached hydrogens (tertiary/aromatic N) is 1. The topological polar surface area (TPSA) is 105 Å². The van der Waals surface area contributed by atoms with E-state index in [1.54, 1.807) is 51.1 Å². The fourth-order valence-electron chi connectivity index (χ4n) is 3.31. The molecule has 1 aromatic heterocycles. The second-order valence-electron chi connectivity index (χ2n) is 8.80. The second-order valence-corrected chi connectivity index (χ2v) is 12.3. The van der Waals surface area contributed by atoms with E-state index < -0.39 is 27.8 Å². The first-order valence-electron chi connectivity index (χ1n) is 10.6. The Hall–Kier alpha value is -2.14. The molecule has 0 radical (unpaired) electrons. The Kier molecular flexibility index (Phi) is 8.04. The largest absolute Gasteiger partial charge is 0.444 e. The zero-order valence-electron chi connectivity index (χ0n) is 18.8. The summed E-state index contributed by atoms with van der Waals surface area (Å²) in [4.78, 5) is 26.8. The van der Waals surface area contributed by atoms with Crippen LogP contribution in [0.5, 0.6) is 0 Å². The maximum absolute atomic E-state index is 12.9. The molecule has 1 aromatic carbocycles. The first-order chi connectivity index (χ1) is 15.4. The number of hydrogen-bond acceptors (Lipinski definition) is 6. The molecule has 2 aromatic rings. The fraction of sp³-hybridized carbons (Fsp3) is 0.455. The minimum Gasteiger partial charge on any atom is -0.444 e. The highest BCUT2D eigenvalue weighted by Crippen LogP contribution is 2.23. The lowest BCUT2D eigenvalue weighted by Crippen LogP contribution is -2.50. The number of piperidine rings is 1. The molecule has 3 rings (SSSR count). The average Bonchev–Trinajstić information content (AvgIpc) is 3.21. The number of rotatable bonds is 6. The molecule has 1 fully saturated rings. The molecule has 1 atom stereocenters. The summed E-state index contributed by atoms with van der Waals surface area (Å²) >= 11 is 6.93. The Morgan fingerprint density at radius 1 is 1.18 bits per heavy atom. The van der Waals surface area contributed by atoms with Gasteiger partial charge in [0.2, 0.25) is 10.0 Å². The number of halogens is 1. The van der Waals surface area contributed by atoms with Crippen molar-refractivity contribution in [2.45, 2.75) is 56.0 Å². The average molecular weight is 514 g/mol. The van der Waals surface area contributed by atoms with E-state index in [9.17, 15) is 18.0 Å². The summed E-state index contributed by atoms with van der Waals surface area (Å²) in [5.41, 5.74) is -0.142. The zero-order chi connectivity index (χ0) is 24.2. The molecule has 11 heteroatoms. The summed E-state index contributed by atoms with van der Waals surface area (Å²) < 4.78 is 34.0. The van der Waals surface area contributed by atoms with Crippen molar-refractivity contribution in [1.82, 2.24) is 14.9 Å². The number of hydrogen-bond donors (Lipinski definition) is 2. The van der Waals surface area contributed by atoms with Crippen LogP contribution in [0.1, 0.15) is 48.8 Å². The molecular formula is C22H28ClN3O5S2. The van der Waals surface area contributed by atoms with Gasteiger partial charge in [-0.1, -0.05) is 11.6 Å². The Morgan fingerprint density at radius 2 is 1.88 bits per heavy atom. The Bertz CT molecular complexity index is 1090. The van der Waals surface area contributed by atoms with Gasteiger partial charge in [-0.25, -0.2) is 17.9 Å². The Balaban J connectivity index is 1.57. The molecule has 1 unspecified atom stereocenters. The van der Waals surface area contributed by atoms with E-state index in [1.807, 2.05) is 0 Å². The van der Waals surface area contributed by atoms with E-state index in [2.05, 4.69) is 10.0 Å². The molecule has 2 amide bonds. The highest BCUT2D eigenvalue weighted by Gasteiger charge is 2.30. The van der Waals surface area contributed by atoms with Crippen molar-refractivity contribution in [3.8, 4) is 0 Å². The fourth-order valence-corrected chi connectivity index (χ4v) is 6.01. The predicted octanol–water partition coefficient (Wildman–Crippen LogP) is 4.01. The monoisotopic (exact) mass is 513 g/mol. The Morgan fingerprint density at radius 3 is 2.55 bits per heavy atom. The molecule has 1 aliphatic heterocycles. The molecule has 0 saturated carbocycles.